The standard InChI is InChI=1S/C10H10O2/c1-2-8-12-10(11)9-6-4-3-5-7-9/h2-8H,1H3. The first kappa shape index (κ1) is 8.53. The first-order chi connectivity index (χ1) is 5.84. The minimum absolute atomic E-state index is 0.325. The summed E-state index contributed by atoms with van der Waals surface area (Å²) in [5, 5.41) is 0. The topological polar surface area (TPSA) is 26.3 Å². The Kier molecular flexibility index (Phi) is 3.08. The van der Waals surface area contributed by atoms with Crippen LogP contribution in [0.25, 0.3) is 0 Å². The number of benzene rings is 1. The Morgan fingerprint density at radius 2 is 2.00 bits per heavy atom. The highest BCUT2D eigenvalue weighted by atomic mass is 16.5. The molecule has 62 valence electrons. The summed E-state index contributed by atoms with van der Waals surface area (Å²) in [6.45, 7) is 1.79. The van der Waals surface area contributed by atoms with Crippen molar-refractivity contribution in [1.29, 1.82) is 0 Å². The van der Waals surface area contributed by atoms with Crippen LogP contribution in [-0.4, -0.2) is 5.97 Å². The molecular formula is C10H10O2. The van der Waals surface area contributed by atoms with Crippen LogP contribution in [0.1, 0.15) is 17.3 Å². The van der Waals surface area contributed by atoms with Gasteiger partial charge in [-0.15, -0.1) is 0 Å². The predicted molar refractivity (Wildman–Crippen MR) is 46.7 cm³/mol. The van der Waals surface area contributed by atoms with Gasteiger partial charge in [-0.05, 0) is 19.1 Å². The van der Waals surface area contributed by atoms with Crippen LogP contribution in [0.5, 0.6) is 0 Å². The maximum absolute atomic E-state index is 11.1. The molecular weight excluding hydrogens is 152 g/mol. The van der Waals surface area contributed by atoms with Gasteiger partial charge < -0.3 is 4.74 Å². The van der Waals surface area contributed by atoms with Crippen LogP contribution in [0.4, 0.5) is 0 Å². The first-order valence-corrected chi connectivity index (χ1v) is 3.72. The third-order valence-electron chi connectivity index (χ3n) is 1.32. The quantitative estimate of drug-likeness (QED) is 0.493. The molecule has 0 heterocycles. The summed E-state index contributed by atoms with van der Waals surface area (Å²) in [5.41, 5.74) is 0.565. The second-order valence-electron chi connectivity index (χ2n) is 2.24. The molecule has 0 aromatic heterocycles. The van der Waals surface area contributed by atoms with Crippen LogP contribution in [-0.2, 0) is 4.74 Å². The molecule has 1 rings (SSSR count). The fourth-order valence-electron chi connectivity index (χ4n) is 0.772. The van der Waals surface area contributed by atoms with E-state index in [2.05, 4.69) is 0 Å². The van der Waals surface area contributed by atoms with Gasteiger partial charge in [0, 0.05) is 0 Å². The summed E-state index contributed by atoms with van der Waals surface area (Å²) in [7, 11) is 0. The van der Waals surface area contributed by atoms with Gasteiger partial charge in [-0.2, -0.15) is 0 Å². The van der Waals surface area contributed by atoms with Gasteiger partial charge >= 0.3 is 5.97 Å². The zero-order chi connectivity index (χ0) is 8.81. The van der Waals surface area contributed by atoms with E-state index >= 15 is 0 Å². The van der Waals surface area contributed by atoms with Crippen molar-refractivity contribution in [2.45, 2.75) is 6.92 Å². The number of carbonyl (C=O) groups excluding carboxylic acids is 1. The van der Waals surface area contributed by atoms with Gasteiger partial charge in [0.1, 0.15) is 0 Å². The lowest BCUT2D eigenvalue weighted by atomic mass is 10.2. The maximum Gasteiger partial charge on any atom is 0.342 e. The summed E-state index contributed by atoms with van der Waals surface area (Å²) in [6.07, 6.45) is 3.04. The summed E-state index contributed by atoms with van der Waals surface area (Å²) >= 11 is 0. The van der Waals surface area contributed by atoms with E-state index in [4.69, 9.17) is 4.74 Å². The number of allylic oxidation sites excluding steroid dienone is 1. The molecule has 0 spiro atoms. The van der Waals surface area contributed by atoms with Crippen LogP contribution in [0.2, 0.25) is 0 Å². The Balaban J connectivity index is 2.66. The van der Waals surface area contributed by atoms with Crippen molar-refractivity contribution in [2.24, 2.45) is 0 Å². The van der Waals surface area contributed by atoms with Crippen LogP contribution in [0, 0.1) is 0 Å². The third kappa shape index (κ3) is 2.23. The highest BCUT2D eigenvalue weighted by molar-refractivity contribution is 5.89. The van der Waals surface area contributed by atoms with Crippen LogP contribution >= 0.6 is 0 Å². The lowest BCUT2D eigenvalue weighted by Gasteiger charge is -1.96. The maximum atomic E-state index is 11.1. The van der Waals surface area contributed by atoms with Crippen LogP contribution in [0.3, 0.4) is 0 Å². The summed E-state index contributed by atoms with van der Waals surface area (Å²) in [5.74, 6) is -0.325. The molecule has 2 nitrogen and oxygen atoms in total. The Morgan fingerprint density at radius 3 is 2.58 bits per heavy atom. The fraction of sp³-hybridized carbons (Fsp3) is 0.100. The van der Waals surface area contributed by atoms with Crippen molar-refractivity contribution in [3.63, 3.8) is 0 Å². The highest BCUT2D eigenvalue weighted by Crippen LogP contribution is 2.00. The Morgan fingerprint density at radius 1 is 1.33 bits per heavy atom. The summed E-state index contributed by atoms with van der Waals surface area (Å²) < 4.78 is 4.76. The molecule has 12 heavy (non-hydrogen) atoms. The van der Waals surface area contributed by atoms with E-state index in [9.17, 15) is 4.79 Å². The highest BCUT2D eigenvalue weighted by Gasteiger charge is 2.02. The molecule has 0 bridgehead atoms. The van der Waals surface area contributed by atoms with E-state index in [1.165, 1.54) is 6.26 Å². The van der Waals surface area contributed by atoms with Crippen molar-refractivity contribution in [3.8, 4) is 0 Å². The molecule has 0 saturated heterocycles. The van der Waals surface area contributed by atoms with Crippen LogP contribution in [0.15, 0.2) is 42.7 Å². The molecule has 0 unspecified atom stereocenters. The molecule has 1 aromatic carbocycles. The molecule has 0 amide bonds. The van der Waals surface area contributed by atoms with Crippen molar-refractivity contribution < 1.29 is 9.53 Å². The fourth-order valence-corrected chi connectivity index (χ4v) is 0.772. The summed E-state index contributed by atoms with van der Waals surface area (Å²) in [6, 6.07) is 8.88. The van der Waals surface area contributed by atoms with Gasteiger partial charge in [0.15, 0.2) is 0 Å². The lowest BCUT2D eigenvalue weighted by molar-refractivity contribution is 0.0662. The average molecular weight is 162 g/mol. The Labute approximate surface area is 71.5 Å². The van der Waals surface area contributed by atoms with Gasteiger partial charge in [0.25, 0.3) is 0 Å². The predicted octanol–water partition coefficient (Wildman–Crippen LogP) is 2.38. The van der Waals surface area contributed by atoms with Crippen molar-refractivity contribution in [1.82, 2.24) is 0 Å². The van der Waals surface area contributed by atoms with E-state index in [1.54, 1.807) is 37.3 Å². The minimum Gasteiger partial charge on any atom is -0.431 e. The van der Waals surface area contributed by atoms with E-state index in [1.807, 2.05) is 6.07 Å². The number of carbonyl (C=O) groups is 1. The smallest absolute Gasteiger partial charge is 0.342 e. The summed E-state index contributed by atoms with van der Waals surface area (Å²) in [4.78, 5) is 11.1. The van der Waals surface area contributed by atoms with Crippen molar-refractivity contribution >= 4 is 5.97 Å². The molecule has 0 saturated carbocycles. The monoisotopic (exact) mass is 162 g/mol. The molecule has 0 aliphatic carbocycles. The number of hydrogen-bond acceptors (Lipinski definition) is 2. The van der Waals surface area contributed by atoms with E-state index in [0.717, 1.165) is 0 Å². The molecule has 0 radical (unpaired) electrons. The number of esters is 1. The first-order valence-electron chi connectivity index (χ1n) is 3.72. The zero-order valence-electron chi connectivity index (χ0n) is 6.86. The molecule has 0 aliphatic heterocycles. The van der Waals surface area contributed by atoms with Gasteiger partial charge in [-0.1, -0.05) is 24.3 Å². The second kappa shape index (κ2) is 4.34. The largest absolute Gasteiger partial charge is 0.431 e. The Hall–Kier alpha value is -1.57. The lowest BCUT2D eigenvalue weighted by Crippen LogP contribution is -1.99. The molecule has 1 aromatic rings. The minimum atomic E-state index is -0.325. The molecule has 2 heteroatoms. The van der Waals surface area contributed by atoms with E-state index in [0.29, 0.717) is 5.56 Å². The van der Waals surface area contributed by atoms with Crippen molar-refractivity contribution in [2.75, 3.05) is 0 Å². The van der Waals surface area contributed by atoms with E-state index in [-0.39, 0.29) is 5.97 Å². The number of ether oxygens (including phenoxy) is 1. The second-order valence-corrected chi connectivity index (χ2v) is 2.24. The van der Waals surface area contributed by atoms with Crippen molar-refractivity contribution in [3.05, 3.63) is 48.2 Å². The van der Waals surface area contributed by atoms with Gasteiger partial charge in [-0.25, -0.2) is 4.79 Å². The zero-order valence-corrected chi connectivity index (χ0v) is 6.86. The number of hydrogen-bond donors (Lipinski definition) is 0. The Bertz CT molecular complexity index is 275. The number of rotatable bonds is 2. The van der Waals surface area contributed by atoms with Gasteiger partial charge in [0.2, 0.25) is 0 Å². The van der Waals surface area contributed by atoms with Crippen LogP contribution < -0.4 is 0 Å². The average Bonchev–Trinajstić information content (AvgIpc) is 2.15. The molecule has 0 aliphatic rings. The molecule has 0 atom stereocenters. The van der Waals surface area contributed by atoms with E-state index < -0.39 is 0 Å². The molecule has 0 N–H and O–H groups in total. The SMILES string of the molecule is CC=COC(=O)c1ccccc1. The van der Waals surface area contributed by atoms with Gasteiger partial charge in [0.05, 0.1) is 11.8 Å². The normalized spacial score (nSPS) is 10.1. The third-order valence-corrected chi connectivity index (χ3v) is 1.32. The van der Waals surface area contributed by atoms with Gasteiger partial charge in [-0.3, -0.25) is 0 Å². The molecule has 0 fully saturated rings.